The first kappa shape index (κ1) is 27.0. The monoisotopic (exact) mass is 566 g/mol. The van der Waals surface area contributed by atoms with Crippen molar-refractivity contribution in [1.82, 2.24) is 19.9 Å². The van der Waals surface area contributed by atoms with Gasteiger partial charge in [0.1, 0.15) is 17.1 Å². The van der Waals surface area contributed by atoms with E-state index in [2.05, 4.69) is 38.4 Å². The molecule has 2 bridgehead atoms. The first-order valence-electron chi connectivity index (χ1n) is 13.8. The van der Waals surface area contributed by atoms with Gasteiger partial charge in [-0.2, -0.15) is 0 Å². The van der Waals surface area contributed by atoms with Crippen LogP contribution in [0.25, 0.3) is 22.6 Å². The van der Waals surface area contributed by atoms with Crippen molar-refractivity contribution in [3.63, 3.8) is 0 Å². The minimum atomic E-state index is -0.727. The van der Waals surface area contributed by atoms with E-state index in [0.29, 0.717) is 34.2 Å². The fraction of sp³-hybridized carbons (Fsp3) is 0.483. The number of nitrogens with zero attached hydrogens (tertiary/aromatic N) is 3. The van der Waals surface area contributed by atoms with Crippen LogP contribution in [0.5, 0.6) is 5.75 Å². The smallest absolute Gasteiger partial charge is 0.223 e. The van der Waals surface area contributed by atoms with Crippen LogP contribution >= 0.6 is 11.6 Å². The average molecular weight is 567 g/mol. The maximum atomic E-state index is 12.3. The van der Waals surface area contributed by atoms with Gasteiger partial charge in [0.05, 0.1) is 42.6 Å². The number of fused-ring (bicyclic) bond motifs is 3. The average Bonchev–Trinajstić information content (AvgIpc) is 3.69. The number of anilines is 1. The highest BCUT2D eigenvalue weighted by atomic mass is 35.5. The molecule has 3 aliphatic rings. The molecule has 6 rings (SSSR count). The molecule has 2 aromatic heterocycles. The van der Waals surface area contributed by atoms with Crippen molar-refractivity contribution in [1.29, 1.82) is 0 Å². The molecule has 3 heterocycles. The molecule has 1 saturated heterocycles. The molecule has 1 aliphatic heterocycles. The van der Waals surface area contributed by atoms with Crippen LogP contribution in [0.1, 0.15) is 30.7 Å². The van der Waals surface area contributed by atoms with Gasteiger partial charge in [-0.15, -0.1) is 0 Å². The Bertz CT molecular complexity index is 1440. The van der Waals surface area contributed by atoms with Crippen molar-refractivity contribution < 1.29 is 19.7 Å². The molecule has 1 saturated carbocycles. The van der Waals surface area contributed by atoms with Crippen molar-refractivity contribution in [3.05, 3.63) is 47.1 Å². The zero-order valence-corrected chi connectivity index (χ0v) is 23.1. The van der Waals surface area contributed by atoms with E-state index < -0.39 is 6.10 Å². The van der Waals surface area contributed by atoms with Crippen LogP contribution in [0, 0.1) is 17.8 Å². The molecule has 2 aliphatic carbocycles. The summed E-state index contributed by atoms with van der Waals surface area (Å²) in [6.07, 6.45) is 7.83. The zero-order valence-electron chi connectivity index (χ0n) is 22.4. The Morgan fingerprint density at radius 2 is 2.08 bits per heavy atom. The Morgan fingerprint density at radius 1 is 1.30 bits per heavy atom. The second kappa shape index (κ2) is 11.0. The maximum absolute atomic E-state index is 12.3. The van der Waals surface area contributed by atoms with E-state index in [-0.39, 0.29) is 42.2 Å². The lowest BCUT2D eigenvalue weighted by Crippen LogP contribution is -2.41. The number of methoxy groups -OCH3 is 1. The highest BCUT2D eigenvalue weighted by Crippen LogP contribution is 2.46. The first-order chi connectivity index (χ1) is 19.4. The van der Waals surface area contributed by atoms with E-state index in [1.807, 2.05) is 12.1 Å². The summed E-state index contributed by atoms with van der Waals surface area (Å²) in [7, 11) is 1.66. The summed E-state index contributed by atoms with van der Waals surface area (Å²) < 4.78 is 5.56. The number of likely N-dealkylation sites (tertiary alicyclic amines) is 1. The number of amides is 1. The van der Waals surface area contributed by atoms with Gasteiger partial charge < -0.3 is 35.9 Å². The van der Waals surface area contributed by atoms with Gasteiger partial charge in [0.25, 0.3) is 0 Å². The molecule has 0 radical (unpaired) electrons. The number of carbonyl (C=O) groups is 1. The van der Waals surface area contributed by atoms with Crippen molar-refractivity contribution in [2.24, 2.45) is 23.5 Å². The molecule has 3 aromatic rings. The van der Waals surface area contributed by atoms with E-state index in [9.17, 15) is 15.0 Å². The number of pyridine rings is 1. The quantitative estimate of drug-likeness (QED) is 0.248. The Morgan fingerprint density at radius 3 is 2.80 bits per heavy atom. The van der Waals surface area contributed by atoms with E-state index in [1.165, 1.54) is 0 Å². The number of aromatic nitrogens is 3. The number of rotatable bonds is 9. The van der Waals surface area contributed by atoms with Crippen LogP contribution in [0.4, 0.5) is 5.69 Å². The Hall–Kier alpha value is -3.18. The molecule has 10 nitrogen and oxygen atoms in total. The molecule has 6 N–H and O–H groups in total. The molecule has 5 atom stereocenters. The van der Waals surface area contributed by atoms with Crippen LogP contribution in [-0.4, -0.2) is 81.5 Å². The second-order valence-electron chi connectivity index (χ2n) is 11.2. The largest absolute Gasteiger partial charge is 0.497 e. The highest BCUT2D eigenvalue weighted by Gasteiger charge is 2.47. The summed E-state index contributed by atoms with van der Waals surface area (Å²) in [5.74, 6) is 1.48. The third kappa shape index (κ3) is 4.94. The SMILES string of the molecule is COc1ccc(-c2nc3ncc(Cl)c(N[C@H]4[C@@H](C(N)=O)[C@@H]5C=C[C@@H]4C5)c3[nH]2)c(C2CCN(C[C@H](O)CO)CC2)c1. The number of aromatic amines is 1. The summed E-state index contributed by atoms with van der Waals surface area (Å²) in [5, 5.41) is 23.1. The summed E-state index contributed by atoms with van der Waals surface area (Å²) >= 11 is 6.66. The molecule has 2 fully saturated rings. The van der Waals surface area contributed by atoms with Crippen LogP contribution in [0.3, 0.4) is 0 Å². The number of hydrogen-bond acceptors (Lipinski definition) is 8. The highest BCUT2D eigenvalue weighted by molar-refractivity contribution is 6.34. The lowest BCUT2D eigenvalue weighted by atomic mass is 9.86. The number of nitrogens with two attached hydrogens (primary N) is 1. The molecule has 40 heavy (non-hydrogen) atoms. The lowest BCUT2D eigenvalue weighted by Gasteiger charge is -2.33. The number of piperidine rings is 1. The van der Waals surface area contributed by atoms with Crippen LogP contribution < -0.4 is 15.8 Å². The molecule has 0 unspecified atom stereocenters. The fourth-order valence-corrected chi connectivity index (χ4v) is 6.98. The molecule has 212 valence electrons. The van der Waals surface area contributed by atoms with Crippen LogP contribution in [-0.2, 0) is 4.79 Å². The van der Waals surface area contributed by atoms with E-state index in [4.69, 9.17) is 27.1 Å². The Balaban J connectivity index is 1.32. The lowest BCUT2D eigenvalue weighted by molar-refractivity contribution is -0.122. The number of ether oxygens (including phenoxy) is 1. The number of β-amino-alcohol motifs (C(OH)–C–C–N with tert-alkyl or cyclic N) is 1. The summed E-state index contributed by atoms with van der Waals surface area (Å²) in [5.41, 5.74) is 9.79. The standard InChI is InChI=1S/C29H35ClN6O4/c1-40-19-4-5-20(21(11-19)15-6-8-36(9-7-15)13-18(38)14-37)28-34-26-25(22(30)12-32-29(26)35-28)33-24-17-3-2-16(10-17)23(24)27(31)39/h2-5,11-12,15-18,23-24,37-38H,6-10,13-14H2,1H3,(H2,31,39)(H2,32,33,34,35)/t16-,17-,18+,23+,24-/m1/s1. The number of benzene rings is 1. The van der Waals surface area contributed by atoms with E-state index in [0.717, 1.165) is 49.2 Å². The molecule has 11 heteroatoms. The van der Waals surface area contributed by atoms with Gasteiger partial charge in [-0.1, -0.05) is 23.8 Å². The topological polar surface area (TPSA) is 150 Å². The molecule has 1 amide bonds. The van der Waals surface area contributed by atoms with Crippen molar-refractivity contribution in [2.75, 3.05) is 38.7 Å². The van der Waals surface area contributed by atoms with Crippen LogP contribution in [0.15, 0.2) is 36.5 Å². The van der Waals surface area contributed by atoms with Gasteiger partial charge in [-0.05, 0) is 73.9 Å². The van der Waals surface area contributed by atoms with Crippen molar-refractivity contribution >= 4 is 34.4 Å². The fourth-order valence-electron chi connectivity index (χ4n) is 6.78. The van der Waals surface area contributed by atoms with Crippen molar-refractivity contribution in [3.8, 4) is 17.1 Å². The van der Waals surface area contributed by atoms with Gasteiger partial charge in [-0.3, -0.25) is 4.79 Å². The number of hydrogen-bond donors (Lipinski definition) is 5. The minimum Gasteiger partial charge on any atom is -0.497 e. The first-order valence-corrected chi connectivity index (χ1v) is 14.2. The number of aliphatic hydroxyl groups excluding tert-OH is 2. The summed E-state index contributed by atoms with van der Waals surface area (Å²) in [6, 6.07) is 5.88. The van der Waals surface area contributed by atoms with E-state index in [1.54, 1.807) is 13.3 Å². The van der Waals surface area contributed by atoms with Gasteiger partial charge in [0.15, 0.2) is 5.65 Å². The predicted molar refractivity (Wildman–Crippen MR) is 153 cm³/mol. The normalized spacial score (nSPS) is 25.5. The number of imidazole rings is 1. The Labute approximate surface area is 237 Å². The number of primary amides is 1. The van der Waals surface area contributed by atoms with Gasteiger partial charge in [0.2, 0.25) is 5.91 Å². The van der Waals surface area contributed by atoms with Gasteiger partial charge in [0, 0.05) is 18.2 Å². The second-order valence-corrected chi connectivity index (χ2v) is 11.6. The number of nitrogens with one attached hydrogen (secondary N) is 2. The molecule has 0 spiro atoms. The molecular weight excluding hydrogens is 532 g/mol. The third-order valence-electron chi connectivity index (χ3n) is 8.79. The number of H-pyrrole nitrogens is 1. The minimum absolute atomic E-state index is 0.145. The van der Waals surface area contributed by atoms with Crippen LogP contribution in [0.2, 0.25) is 5.02 Å². The third-order valence-corrected chi connectivity index (χ3v) is 9.08. The maximum Gasteiger partial charge on any atom is 0.223 e. The summed E-state index contributed by atoms with van der Waals surface area (Å²) in [6.45, 7) is 1.88. The summed E-state index contributed by atoms with van der Waals surface area (Å²) in [4.78, 5) is 27.3. The zero-order chi connectivity index (χ0) is 28.0. The number of aliphatic hydroxyl groups is 2. The number of halogens is 1. The molecular formula is C29H35ClN6O4. The van der Waals surface area contributed by atoms with E-state index >= 15 is 0 Å². The predicted octanol–water partition coefficient (Wildman–Crippen LogP) is 2.91. The number of carbonyl (C=O) groups excluding carboxylic acids is 1. The van der Waals surface area contributed by atoms with Gasteiger partial charge >= 0.3 is 0 Å². The molecule has 1 aromatic carbocycles. The van der Waals surface area contributed by atoms with Gasteiger partial charge in [-0.25, -0.2) is 9.97 Å². The number of allylic oxidation sites excluding steroid dienone is 1. The van der Waals surface area contributed by atoms with Crippen molar-refractivity contribution in [2.45, 2.75) is 37.3 Å². The Kier molecular flexibility index (Phi) is 7.43.